The lowest BCUT2D eigenvalue weighted by Crippen LogP contribution is -2.41. The van der Waals surface area contributed by atoms with Crippen LogP contribution in [0.3, 0.4) is 0 Å². The number of rotatable bonds is 3. The highest BCUT2D eigenvalue weighted by molar-refractivity contribution is 7.91. The monoisotopic (exact) mass is 289 g/mol. The van der Waals surface area contributed by atoms with E-state index in [0.29, 0.717) is 19.4 Å². The molecule has 0 aliphatic carbocycles. The van der Waals surface area contributed by atoms with E-state index in [2.05, 4.69) is 4.74 Å². The van der Waals surface area contributed by atoms with E-state index < -0.39 is 15.9 Å². The Hall–Kier alpha value is -1.11. The minimum Gasteiger partial charge on any atom is -0.467 e. The Labute approximate surface area is 113 Å². The summed E-state index contributed by atoms with van der Waals surface area (Å²) in [5, 5.41) is 0. The van der Waals surface area contributed by atoms with E-state index in [1.807, 2.05) is 0 Å². The third-order valence-corrected chi connectivity index (χ3v) is 5.67. The average Bonchev–Trinajstić information content (AvgIpc) is 2.94. The molecular formula is C12H19NO5S. The highest BCUT2D eigenvalue weighted by Crippen LogP contribution is 2.25. The van der Waals surface area contributed by atoms with Crippen molar-refractivity contribution >= 4 is 21.7 Å². The van der Waals surface area contributed by atoms with Crippen LogP contribution < -0.4 is 0 Å². The van der Waals surface area contributed by atoms with Gasteiger partial charge in [0, 0.05) is 13.0 Å². The number of esters is 1. The van der Waals surface area contributed by atoms with Crippen molar-refractivity contribution in [3.63, 3.8) is 0 Å². The fourth-order valence-electron chi connectivity index (χ4n) is 2.84. The van der Waals surface area contributed by atoms with Crippen molar-refractivity contribution in [1.29, 1.82) is 0 Å². The van der Waals surface area contributed by atoms with Crippen LogP contribution >= 0.6 is 0 Å². The molecule has 6 nitrogen and oxygen atoms in total. The summed E-state index contributed by atoms with van der Waals surface area (Å²) in [5.74, 6) is -0.350. The maximum atomic E-state index is 12.2. The maximum Gasteiger partial charge on any atom is 0.328 e. The number of sulfone groups is 1. The van der Waals surface area contributed by atoms with Gasteiger partial charge in [0.1, 0.15) is 6.04 Å². The predicted octanol–water partition coefficient (Wildman–Crippen LogP) is -0.0248. The standard InChI is InChI=1S/C12H19NO5S/c1-18-12(15)10-3-2-5-13(10)11(14)7-9-4-6-19(16,17)8-9/h9-10H,2-8H2,1H3. The van der Waals surface area contributed by atoms with Crippen LogP contribution in [0.15, 0.2) is 0 Å². The van der Waals surface area contributed by atoms with Crippen LogP contribution in [0.1, 0.15) is 25.7 Å². The summed E-state index contributed by atoms with van der Waals surface area (Å²) in [4.78, 5) is 25.3. The van der Waals surface area contributed by atoms with Crippen LogP contribution in [-0.4, -0.2) is 56.4 Å². The molecule has 7 heteroatoms. The molecular weight excluding hydrogens is 270 g/mol. The van der Waals surface area contributed by atoms with Gasteiger partial charge in [0.2, 0.25) is 5.91 Å². The van der Waals surface area contributed by atoms with Gasteiger partial charge in [-0.25, -0.2) is 13.2 Å². The van der Waals surface area contributed by atoms with E-state index in [1.165, 1.54) is 12.0 Å². The number of carbonyl (C=O) groups is 2. The molecule has 2 unspecified atom stereocenters. The minimum absolute atomic E-state index is 0.0927. The zero-order valence-corrected chi connectivity index (χ0v) is 11.8. The Morgan fingerprint density at radius 1 is 1.32 bits per heavy atom. The minimum atomic E-state index is -2.96. The first-order valence-corrected chi connectivity index (χ1v) is 8.33. The molecule has 0 aromatic carbocycles. The Morgan fingerprint density at radius 2 is 2.05 bits per heavy atom. The lowest BCUT2D eigenvalue weighted by Gasteiger charge is -2.23. The quantitative estimate of drug-likeness (QED) is 0.682. The molecule has 0 spiro atoms. The number of methoxy groups -OCH3 is 1. The molecule has 2 fully saturated rings. The normalized spacial score (nSPS) is 29.4. The summed E-state index contributed by atoms with van der Waals surface area (Å²) in [5.41, 5.74) is 0. The average molecular weight is 289 g/mol. The van der Waals surface area contributed by atoms with Crippen molar-refractivity contribution in [3.8, 4) is 0 Å². The molecule has 0 N–H and O–H groups in total. The van der Waals surface area contributed by atoms with E-state index in [4.69, 9.17) is 0 Å². The number of amides is 1. The van der Waals surface area contributed by atoms with Crippen molar-refractivity contribution < 1.29 is 22.7 Å². The second kappa shape index (κ2) is 5.48. The third kappa shape index (κ3) is 3.26. The summed E-state index contributed by atoms with van der Waals surface area (Å²) < 4.78 is 27.4. The summed E-state index contributed by atoms with van der Waals surface area (Å²) >= 11 is 0. The van der Waals surface area contributed by atoms with Crippen LogP contribution in [0.2, 0.25) is 0 Å². The van der Waals surface area contributed by atoms with E-state index in [-0.39, 0.29) is 35.7 Å². The second-order valence-electron chi connectivity index (χ2n) is 5.24. The lowest BCUT2D eigenvalue weighted by molar-refractivity contribution is -0.151. The third-order valence-electron chi connectivity index (χ3n) is 3.84. The van der Waals surface area contributed by atoms with Gasteiger partial charge in [-0.15, -0.1) is 0 Å². The van der Waals surface area contributed by atoms with Gasteiger partial charge in [-0.1, -0.05) is 0 Å². The van der Waals surface area contributed by atoms with Crippen molar-refractivity contribution in [1.82, 2.24) is 4.90 Å². The number of hydrogen-bond acceptors (Lipinski definition) is 5. The number of hydrogen-bond donors (Lipinski definition) is 0. The van der Waals surface area contributed by atoms with Crippen molar-refractivity contribution in [2.45, 2.75) is 31.7 Å². The van der Waals surface area contributed by atoms with Gasteiger partial charge in [-0.05, 0) is 25.2 Å². The van der Waals surface area contributed by atoms with Gasteiger partial charge >= 0.3 is 5.97 Å². The summed E-state index contributed by atoms with van der Waals surface area (Å²) in [6.45, 7) is 0.554. The highest BCUT2D eigenvalue weighted by atomic mass is 32.2. The summed E-state index contributed by atoms with van der Waals surface area (Å²) in [6.07, 6.45) is 2.17. The first-order chi connectivity index (χ1) is 8.93. The number of likely N-dealkylation sites (tertiary alicyclic amines) is 1. The number of ether oxygens (including phenoxy) is 1. The van der Waals surface area contributed by atoms with Gasteiger partial charge < -0.3 is 9.64 Å². The summed E-state index contributed by atoms with van der Waals surface area (Å²) in [6, 6.07) is -0.490. The number of nitrogens with zero attached hydrogens (tertiary/aromatic N) is 1. The molecule has 0 aromatic rings. The molecule has 2 aliphatic rings. The molecule has 19 heavy (non-hydrogen) atoms. The predicted molar refractivity (Wildman–Crippen MR) is 68.1 cm³/mol. The van der Waals surface area contributed by atoms with Crippen molar-refractivity contribution in [2.75, 3.05) is 25.2 Å². The molecule has 0 radical (unpaired) electrons. The first-order valence-electron chi connectivity index (χ1n) is 6.50. The van der Waals surface area contributed by atoms with Crippen LogP contribution in [0.4, 0.5) is 0 Å². The fourth-order valence-corrected chi connectivity index (χ4v) is 4.71. The van der Waals surface area contributed by atoms with Gasteiger partial charge in [0.15, 0.2) is 9.84 Å². The zero-order valence-electron chi connectivity index (χ0n) is 11.0. The molecule has 1 amide bonds. The largest absolute Gasteiger partial charge is 0.467 e. The molecule has 2 saturated heterocycles. The van der Waals surface area contributed by atoms with Crippen LogP contribution in [0.5, 0.6) is 0 Å². The molecule has 108 valence electrons. The van der Waals surface area contributed by atoms with Gasteiger partial charge in [0.25, 0.3) is 0 Å². The molecule has 2 aliphatic heterocycles. The Balaban J connectivity index is 1.94. The topological polar surface area (TPSA) is 80.8 Å². The molecule has 0 aromatic heterocycles. The lowest BCUT2D eigenvalue weighted by atomic mass is 10.0. The molecule has 0 saturated carbocycles. The Bertz CT molecular complexity index is 473. The zero-order chi connectivity index (χ0) is 14.0. The van der Waals surface area contributed by atoms with E-state index in [9.17, 15) is 18.0 Å². The second-order valence-corrected chi connectivity index (χ2v) is 7.47. The van der Waals surface area contributed by atoms with Crippen LogP contribution in [-0.2, 0) is 24.2 Å². The fraction of sp³-hybridized carbons (Fsp3) is 0.833. The van der Waals surface area contributed by atoms with E-state index >= 15 is 0 Å². The molecule has 0 bridgehead atoms. The van der Waals surface area contributed by atoms with Crippen molar-refractivity contribution in [2.24, 2.45) is 5.92 Å². The maximum absolute atomic E-state index is 12.2. The smallest absolute Gasteiger partial charge is 0.328 e. The van der Waals surface area contributed by atoms with E-state index in [1.54, 1.807) is 0 Å². The Kier molecular flexibility index (Phi) is 4.13. The van der Waals surface area contributed by atoms with Gasteiger partial charge in [-0.2, -0.15) is 0 Å². The molecule has 2 rings (SSSR count). The molecule has 2 atom stereocenters. The van der Waals surface area contributed by atoms with Crippen LogP contribution in [0, 0.1) is 5.92 Å². The van der Waals surface area contributed by atoms with Gasteiger partial charge in [0.05, 0.1) is 18.6 Å². The Morgan fingerprint density at radius 3 is 2.63 bits per heavy atom. The highest BCUT2D eigenvalue weighted by Gasteiger charge is 2.37. The SMILES string of the molecule is COC(=O)C1CCCN1C(=O)CC1CCS(=O)(=O)C1. The van der Waals surface area contributed by atoms with Gasteiger partial charge in [-0.3, -0.25) is 4.79 Å². The molecule has 2 heterocycles. The first kappa shape index (κ1) is 14.3. The van der Waals surface area contributed by atoms with Crippen LogP contribution in [0.25, 0.3) is 0 Å². The number of carbonyl (C=O) groups excluding carboxylic acids is 2. The van der Waals surface area contributed by atoms with E-state index in [0.717, 1.165) is 6.42 Å². The summed E-state index contributed by atoms with van der Waals surface area (Å²) in [7, 11) is -1.65. The van der Waals surface area contributed by atoms with Crippen molar-refractivity contribution in [3.05, 3.63) is 0 Å².